The third kappa shape index (κ3) is 34.5. The Morgan fingerprint density at radius 2 is 0.898 bits per heavy atom. The Morgan fingerprint density at radius 3 is 1.41 bits per heavy atom. The molecule has 0 saturated carbocycles. The van der Waals surface area contributed by atoms with Crippen molar-refractivity contribution in [3.05, 3.63) is 48.6 Å². The first-order valence-electron chi connectivity index (χ1n) is 20.9. The standard InChI is InChI=1S/C44H81NO4/c1-3-5-7-9-11-13-15-17-18-19-20-21-22-23-24-25-26-27-29-31-33-35-37-39-43(48)45-41(40-46)44(49)42(47)38-36-34-32-30-28-16-14-12-10-8-6-4-2/h12,14,20-21,23-24,30,32,41-42,44,46-47,49H,3-11,13,15-19,22,25-29,31,33-40H2,1-2H3,(H,45,48)/b14-12+,21-20-,24-23-,32-30+. The van der Waals surface area contributed by atoms with Crippen molar-refractivity contribution < 1.29 is 20.1 Å². The summed E-state index contributed by atoms with van der Waals surface area (Å²) in [6.45, 7) is 4.11. The smallest absolute Gasteiger partial charge is 0.220 e. The van der Waals surface area contributed by atoms with Crippen molar-refractivity contribution in [3.63, 3.8) is 0 Å². The fraction of sp³-hybridized carbons (Fsp3) is 0.795. The van der Waals surface area contributed by atoms with Gasteiger partial charge in [-0.1, -0.05) is 159 Å². The molecule has 5 nitrogen and oxygen atoms in total. The molecule has 5 heteroatoms. The minimum Gasteiger partial charge on any atom is -0.394 e. The fourth-order valence-corrected chi connectivity index (χ4v) is 6.09. The summed E-state index contributed by atoms with van der Waals surface area (Å²) in [5.74, 6) is -0.169. The molecule has 3 atom stereocenters. The minimum atomic E-state index is -1.17. The summed E-state index contributed by atoms with van der Waals surface area (Å²) in [7, 11) is 0. The molecular weight excluding hydrogens is 606 g/mol. The van der Waals surface area contributed by atoms with Crippen LogP contribution in [0.15, 0.2) is 48.6 Å². The predicted molar refractivity (Wildman–Crippen MR) is 213 cm³/mol. The van der Waals surface area contributed by atoms with Crippen molar-refractivity contribution in [1.29, 1.82) is 0 Å². The van der Waals surface area contributed by atoms with E-state index in [0.29, 0.717) is 12.8 Å². The summed E-state index contributed by atoms with van der Waals surface area (Å²) in [6, 6.07) is -0.836. The van der Waals surface area contributed by atoms with E-state index >= 15 is 0 Å². The van der Waals surface area contributed by atoms with E-state index in [1.165, 1.54) is 116 Å². The van der Waals surface area contributed by atoms with E-state index in [4.69, 9.17) is 0 Å². The second-order valence-electron chi connectivity index (χ2n) is 14.2. The molecule has 0 heterocycles. The number of allylic oxidation sites excluding steroid dienone is 8. The van der Waals surface area contributed by atoms with Crippen LogP contribution in [0.2, 0.25) is 0 Å². The van der Waals surface area contributed by atoms with E-state index in [-0.39, 0.29) is 12.5 Å². The van der Waals surface area contributed by atoms with E-state index < -0.39 is 18.2 Å². The first kappa shape index (κ1) is 47.3. The topological polar surface area (TPSA) is 89.8 Å². The Labute approximate surface area is 304 Å². The Morgan fingerprint density at radius 1 is 0.510 bits per heavy atom. The Balaban J connectivity index is 3.70. The van der Waals surface area contributed by atoms with Crippen LogP contribution in [0.3, 0.4) is 0 Å². The quantitative estimate of drug-likeness (QED) is 0.0386. The molecule has 0 radical (unpaired) electrons. The lowest BCUT2D eigenvalue weighted by atomic mass is 10.0. The monoisotopic (exact) mass is 688 g/mol. The van der Waals surface area contributed by atoms with E-state index in [1.807, 2.05) is 0 Å². The van der Waals surface area contributed by atoms with Crippen LogP contribution < -0.4 is 5.32 Å². The normalized spacial score (nSPS) is 14.1. The molecule has 0 aliphatic carbocycles. The van der Waals surface area contributed by atoms with Crippen molar-refractivity contribution in [2.45, 2.75) is 218 Å². The van der Waals surface area contributed by atoms with Gasteiger partial charge >= 0.3 is 0 Å². The highest BCUT2D eigenvalue weighted by molar-refractivity contribution is 5.76. The molecule has 3 unspecified atom stereocenters. The predicted octanol–water partition coefficient (Wildman–Crippen LogP) is 11.8. The van der Waals surface area contributed by atoms with Gasteiger partial charge in [0.25, 0.3) is 0 Å². The van der Waals surface area contributed by atoms with Crippen LogP contribution in [0.5, 0.6) is 0 Å². The first-order chi connectivity index (χ1) is 24.1. The number of amides is 1. The average molecular weight is 688 g/mol. The fourth-order valence-electron chi connectivity index (χ4n) is 6.09. The molecule has 49 heavy (non-hydrogen) atoms. The van der Waals surface area contributed by atoms with E-state index in [2.05, 4.69) is 67.8 Å². The van der Waals surface area contributed by atoms with E-state index in [1.54, 1.807) is 0 Å². The molecule has 0 spiro atoms. The highest BCUT2D eigenvalue weighted by Crippen LogP contribution is 2.13. The van der Waals surface area contributed by atoms with Crippen LogP contribution >= 0.6 is 0 Å². The highest BCUT2D eigenvalue weighted by atomic mass is 16.3. The molecule has 0 aliphatic rings. The van der Waals surface area contributed by atoms with E-state index in [9.17, 15) is 20.1 Å². The van der Waals surface area contributed by atoms with Crippen LogP contribution in [-0.2, 0) is 4.79 Å². The van der Waals surface area contributed by atoms with Gasteiger partial charge in [0.15, 0.2) is 0 Å². The highest BCUT2D eigenvalue weighted by Gasteiger charge is 2.26. The zero-order valence-electron chi connectivity index (χ0n) is 32.3. The first-order valence-corrected chi connectivity index (χ1v) is 20.9. The van der Waals surface area contributed by atoms with Gasteiger partial charge in [0.1, 0.15) is 6.10 Å². The minimum absolute atomic E-state index is 0.169. The Bertz CT molecular complexity index is 805. The van der Waals surface area contributed by atoms with Gasteiger partial charge in [-0.2, -0.15) is 0 Å². The van der Waals surface area contributed by atoms with Crippen molar-refractivity contribution in [1.82, 2.24) is 5.32 Å². The molecule has 286 valence electrons. The number of hydrogen-bond donors (Lipinski definition) is 4. The molecule has 0 rings (SSSR count). The summed E-state index contributed by atoms with van der Waals surface area (Å²) in [5.41, 5.74) is 0. The lowest BCUT2D eigenvalue weighted by Gasteiger charge is -2.26. The van der Waals surface area contributed by atoms with Gasteiger partial charge in [0.2, 0.25) is 5.91 Å². The molecule has 4 N–H and O–H groups in total. The molecule has 1 amide bonds. The van der Waals surface area contributed by atoms with Gasteiger partial charge in [-0.15, -0.1) is 0 Å². The third-order valence-electron chi connectivity index (χ3n) is 9.38. The number of carbonyl (C=O) groups excluding carboxylic acids is 1. The summed E-state index contributed by atoms with van der Waals surface area (Å²) in [5, 5.41) is 33.4. The average Bonchev–Trinajstić information content (AvgIpc) is 3.10. The van der Waals surface area contributed by atoms with Crippen LogP contribution in [0.4, 0.5) is 0 Å². The molecule has 0 saturated heterocycles. The molecule has 0 fully saturated rings. The van der Waals surface area contributed by atoms with E-state index in [0.717, 1.165) is 57.8 Å². The second kappa shape index (κ2) is 39.1. The molecule has 0 bridgehead atoms. The number of aliphatic hydroxyl groups is 3. The summed E-state index contributed by atoms with van der Waals surface area (Å²) in [4.78, 5) is 12.4. The van der Waals surface area contributed by atoms with Crippen LogP contribution in [0, 0.1) is 0 Å². The van der Waals surface area contributed by atoms with Gasteiger partial charge in [-0.05, 0) is 83.5 Å². The Hall–Kier alpha value is -1.69. The molecular formula is C44H81NO4. The summed E-state index contributed by atoms with van der Waals surface area (Å²) >= 11 is 0. The third-order valence-corrected chi connectivity index (χ3v) is 9.38. The maximum Gasteiger partial charge on any atom is 0.220 e. The number of carbonyl (C=O) groups is 1. The van der Waals surface area contributed by atoms with Crippen molar-refractivity contribution >= 4 is 5.91 Å². The maximum atomic E-state index is 12.4. The number of unbranched alkanes of at least 4 members (excludes halogenated alkanes) is 21. The van der Waals surface area contributed by atoms with Crippen LogP contribution in [0.1, 0.15) is 200 Å². The number of hydrogen-bond acceptors (Lipinski definition) is 4. The zero-order valence-corrected chi connectivity index (χ0v) is 32.3. The lowest BCUT2D eigenvalue weighted by molar-refractivity contribution is -0.124. The van der Waals surface area contributed by atoms with Crippen molar-refractivity contribution in [2.24, 2.45) is 0 Å². The summed E-state index contributed by atoms with van der Waals surface area (Å²) < 4.78 is 0. The number of nitrogens with one attached hydrogen (secondary N) is 1. The maximum absolute atomic E-state index is 12.4. The second-order valence-corrected chi connectivity index (χ2v) is 14.2. The zero-order chi connectivity index (χ0) is 35.9. The van der Waals surface area contributed by atoms with Crippen molar-refractivity contribution in [2.75, 3.05) is 6.61 Å². The SMILES string of the molecule is CCCCC/C=C/CC/C=C/CCCC(O)C(O)C(CO)NC(=O)CCCCCCCCC/C=C\C/C=C\CCCCCCCCCCC. The lowest BCUT2D eigenvalue weighted by Crippen LogP contribution is -2.50. The van der Waals surface area contributed by atoms with Crippen LogP contribution in [-0.4, -0.2) is 46.1 Å². The summed E-state index contributed by atoms with van der Waals surface area (Å²) in [6.07, 6.45) is 49.3. The number of rotatable bonds is 37. The van der Waals surface area contributed by atoms with Gasteiger partial charge in [-0.3, -0.25) is 4.79 Å². The molecule has 0 aromatic rings. The van der Waals surface area contributed by atoms with Gasteiger partial charge in [0, 0.05) is 6.42 Å². The van der Waals surface area contributed by atoms with Crippen LogP contribution in [0.25, 0.3) is 0 Å². The van der Waals surface area contributed by atoms with Crippen molar-refractivity contribution in [3.8, 4) is 0 Å². The van der Waals surface area contributed by atoms with Gasteiger partial charge in [0.05, 0.1) is 18.8 Å². The molecule has 0 aliphatic heterocycles. The molecule has 0 aromatic heterocycles. The van der Waals surface area contributed by atoms with Gasteiger partial charge < -0.3 is 20.6 Å². The molecule has 0 aromatic carbocycles. The van der Waals surface area contributed by atoms with Gasteiger partial charge in [-0.25, -0.2) is 0 Å². The number of aliphatic hydroxyl groups excluding tert-OH is 3. The largest absolute Gasteiger partial charge is 0.394 e. The Kier molecular flexibility index (Phi) is 37.8.